The van der Waals surface area contributed by atoms with Crippen LogP contribution in [0.1, 0.15) is 41.6 Å². The molecule has 61 heavy (non-hydrogen) atoms. The molecule has 0 spiro atoms. The number of hydrogen-bond acceptors (Lipinski definition) is 17. The summed E-state index contributed by atoms with van der Waals surface area (Å²) in [5, 5.41) is 20.6. The van der Waals surface area contributed by atoms with Gasteiger partial charge in [-0.2, -0.15) is 19.3 Å². The summed E-state index contributed by atoms with van der Waals surface area (Å²) in [7, 11) is -6.16. The van der Waals surface area contributed by atoms with Crippen molar-refractivity contribution in [2.24, 2.45) is 16.1 Å². The molecule has 0 fully saturated rings. The third kappa shape index (κ3) is 13.1. The SMILES string of the molecule is C#CCN1C(=O)COc2cc(F)c(N=c3snc4n3CC(C)(C)C4)cc21.COc1nc(C)nc(NC(=O)NS(=O)(=O)c2ccsc2C(=O)O)n1.CP(=O)(O)CCC(N)C(=O)O. The van der Waals surface area contributed by atoms with E-state index in [9.17, 15) is 36.6 Å². The fraction of sp³-hybridized carbons (Fsp3) is 0.382. The number of nitrogens with two attached hydrogens (primary N) is 1. The number of sulfonamides is 1. The zero-order valence-corrected chi connectivity index (χ0v) is 36.3. The van der Waals surface area contributed by atoms with Crippen LogP contribution >= 0.6 is 30.2 Å². The van der Waals surface area contributed by atoms with Crippen LogP contribution in [0.25, 0.3) is 0 Å². The molecule has 2 aliphatic heterocycles. The van der Waals surface area contributed by atoms with Crippen molar-refractivity contribution in [1.29, 1.82) is 0 Å². The minimum absolute atomic E-state index is 0.0412. The van der Waals surface area contributed by atoms with Crippen molar-refractivity contribution in [2.45, 2.75) is 51.1 Å². The zero-order chi connectivity index (χ0) is 45.4. The highest BCUT2D eigenvalue weighted by molar-refractivity contribution is 7.90. The number of methoxy groups -OCH3 is 1. The van der Waals surface area contributed by atoms with E-state index >= 15 is 0 Å². The van der Waals surface area contributed by atoms with Crippen LogP contribution in [-0.4, -0.2) is 110 Å². The molecule has 7 N–H and O–H groups in total. The number of halogens is 1. The van der Waals surface area contributed by atoms with Crippen molar-refractivity contribution in [2.75, 3.05) is 43.3 Å². The predicted molar refractivity (Wildman–Crippen MR) is 218 cm³/mol. The molecular weight excluding hydrogens is 887 g/mol. The van der Waals surface area contributed by atoms with E-state index in [2.05, 4.69) is 49.4 Å². The van der Waals surface area contributed by atoms with E-state index in [0.29, 0.717) is 16.2 Å². The lowest BCUT2D eigenvalue weighted by atomic mass is 9.92. The molecule has 4 aromatic rings. The molecule has 3 amide bonds. The molecule has 27 heteroatoms. The van der Waals surface area contributed by atoms with Crippen LogP contribution in [0.15, 0.2) is 33.5 Å². The number of terminal acetylenes is 1. The number of rotatable bonds is 11. The number of hydrogen-bond donors (Lipinski definition) is 6. The summed E-state index contributed by atoms with van der Waals surface area (Å²) >= 11 is 1.96. The van der Waals surface area contributed by atoms with Gasteiger partial charge in [0.25, 0.3) is 15.9 Å². The number of fused-ring (bicyclic) bond motifs is 2. The zero-order valence-electron chi connectivity index (χ0n) is 33.0. The van der Waals surface area contributed by atoms with E-state index < -0.39 is 57.0 Å². The Kier molecular flexibility index (Phi) is 15.4. The van der Waals surface area contributed by atoms with E-state index in [1.54, 1.807) is 4.72 Å². The fourth-order valence-corrected chi connectivity index (χ4v) is 9.01. The normalized spacial score (nSPS) is 15.5. The standard InChI is InChI=1S/C18H17FN4O2S.C11H11N5O6S2.C5H12NO4P/c1-4-5-22-13-7-12(11(19)6-14(13)25-9-16(22)24)20-17-23-10-18(2,3)8-15(23)21-26-17;1-5-12-9(15-11(13-5)22-2)14-10(19)16-24(20,21)6-3-4-23-7(6)8(17)18;1-11(9,10)3-2-4(6)5(7)8/h1,6-7H,5,8-10H2,2-3H3;3-4H,1-2H3,(H,17,18)(H2,12,13,14,15,16,19);4H,2-3,6H2,1H3,(H,7,8)(H,9,10). The van der Waals surface area contributed by atoms with Crippen LogP contribution in [0.4, 0.5) is 26.5 Å². The maximum Gasteiger partial charge on any atom is 0.347 e. The molecule has 3 aromatic heterocycles. The van der Waals surface area contributed by atoms with Gasteiger partial charge < -0.3 is 34.9 Å². The average molecular weight is 927 g/mol. The van der Waals surface area contributed by atoms with Gasteiger partial charge in [-0.1, -0.05) is 19.8 Å². The molecule has 2 unspecified atom stereocenters. The number of amides is 3. The van der Waals surface area contributed by atoms with Crippen LogP contribution in [-0.2, 0) is 37.1 Å². The number of aryl methyl sites for hydroxylation is 1. The number of anilines is 2. The van der Waals surface area contributed by atoms with Crippen molar-refractivity contribution in [3.05, 3.63) is 50.7 Å². The highest BCUT2D eigenvalue weighted by Crippen LogP contribution is 2.38. The largest absolute Gasteiger partial charge is 0.481 e. The van der Waals surface area contributed by atoms with Gasteiger partial charge in [0.15, 0.2) is 19.8 Å². The number of aromatic nitrogens is 5. The number of carboxylic acids is 2. The first-order chi connectivity index (χ1) is 28.4. The summed E-state index contributed by atoms with van der Waals surface area (Å²) in [4.78, 5) is 70.7. The fourth-order valence-electron chi connectivity index (χ4n) is 5.32. The Morgan fingerprint density at radius 2 is 1.95 bits per heavy atom. The minimum Gasteiger partial charge on any atom is -0.481 e. The number of carboxylic acid groups (broad SMARTS) is 2. The highest BCUT2D eigenvalue weighted by atomic mass is 32.2. The minimum atomic E-state index is -4.37. The van der Waals surface area contributed by atoms with Gasteiger partial charge in [0.2, 0.25) is 10.7 Å². The molecule has 22 nitrogen and oxygen atoms in total. The Bertz CT molecular complexity index is 2600. The van der Waals surface area contributed by atoms with Gasteiger partial charge in [-0.05, 0) is 36.3 Å². The Morgan fingerprint density at radius 3 is 2.57 bits per heavy atom. The third-order valence-electron chi connectivity index (χ3n) is 8.08. The Labute approximate surface area is 355 Å². The van der Waals surface area contributed by atoms with E-state index in [0.717, 1.165) is 36.2 Å². The summed E-state index contributed by atoms with van der Waals surface area (Å²) < 4.78 is 67.7. The molecule has 2 atom stereocenters. The maximum atomic E-state index is 14.5. The van der Waals surface area contributed by atoms with E-state index in [4.69, 9.17) is 36.7 Å². The molecule has 2 aliphatic rings. The molecular formula is C34H40FN10O12PS3. The third-order valence-corrected chi connectivity index (χ3v) is 12.4. The van der Waals surface area contributed by atoms with Gasteiger partial charge in [-0.3, -0.25) is 24.4 Å². The number of aromatic carboxylic acids is 1. The first-order valence-corrected chi connectivity index (χ1v) is 22.9. The molecule has 0 aliphatic carbocycles. The van der Waals surface area contributed by atoms with Gasteiger partial charge in [0, 0.05) is 43.4 Å². The molecule has 5 heterocycles. The van der Waals surface area contributed by atoms with Crippen LogP contribution in [0.2, 0.25) is 0 Å². The van der Waals surface area contributed by atoms with Crippen molar-refractivity contribution in [3.8, 4) is 24.1 Å². The quantitative estimate of drug-likeness (QED) is 0.0929. The van der Waals surface area contributed by atoms with Crippen LogP contribution in [0.3, 0.4) is 0 Å². The van der Waals surface area contributed by atoms with Crippen molar-refractivity contribution >= 4 is 81.5 Å². The lowest BCUT2D eigenvalue weighted by Gasteiger charge is -2.28. The Hall–Kier alpha value is -5.84. The first kappa shape index (κ1) is 47.8. The monoisotopic (exact) mass is 926 g/mol. The first-order valence-electron chi connectivity index (χ1n) is 17.4. The Morgan fingerprint density at radius 1 is 1.25 bits per heavy atom. The van der Waals surface area contributed by atoms with Crippen molar-refractivity contribution < 1.29 is 61.1 Å². The van der Waals surface area contributed by atoms with Gasteiger partial charge >= 0.3 is 24.0 Å². The molecule has 0 radical (unpaired) electrons. The molecule has 328 valence electrons. The van der Waals surface area contributed by atoms with Crippen molar-refractivity contribution in [3.63, 3.8) is 0 Å². The number of urea groups is 1. The predicted octanol–water partition coefficient (Wildman–Crippen LogP) is 2.40. The molecule has 1 aromatic carbocycles. The maximum absolute atomic E-state index is 14.5. The number of ether oxygens (including phenoxy) is 2. The number of carbonyl (C=O) groups excluding carboxylic acids is 2. The lowest BCUT2D eigenvalue weighted by molar-refractivity contribution is -0.138. The summed E-state index contributed by atoms with van der Waals surface area (Å²) in [6.45, 7) is 7.76. The number of thiophene rings is 1. The average Bonchev–Trinajstić information content (AvgIpc) is 3.88. The number of benzene rings is 1. The molecule has 0 saturated heterocycles. The topological polar surface area (TPSA) is 321 Å². The summed E-state index contributed by atoms with van der Waals surface area (Å²) in [6, 6.07) is 1.58. The van der Waals surface area contributed by atoms with Crippen LogP contribution in [0.5, 0.6) is 11.8 Å². The second-order valence-electron chi connectivity index (χ2n) is 13.8. The molecule has 6 rings (SSSR count). The number of nitrogens with zero attached hydrogens (tertiary/aromatic N) is 7. The van der Waals surface area contributed by atoms with Gasteiger partial charge in [0.05, 0.1) is 19.3 Å². The van der Waals surface area contributed by atoms with E-state index in [1.807, 2.05) is 4.57 Å². The second-order valence-corrected chi connectivity index (χ2v) is 19.7. The van der Waals surface area contributed by atoms with Crippen molar-refractivity contribution in [1.82, 2.24) is 28.6 Å². The number of nitrogens with one attached hydrogen (secondary N) is 2. The number of carbonyl (C=O) groups is 4. The van der Waals surface area contributed by atoms with Crippen LogP contribution < -0.4 is 34.9 Å². The van der Waals surface area contributed by atoms with E-state index in [-0.39, 0.29) is 60.5 Å². The van der Waals surface area contributed by atoms with E-state index in [1.165, 1.54) is 54.6 Å². The van der Waals surface area contributed by atoms with Crippen LogP contribution in [0, 0.1) is 30.5 Å². The summed E-state index contributed by atoms with van der Waals surface area (Å²) in [5.74, 6) is 0.384. The summed E-state index contributed by atoms with van der Waals surface area (Å²) in [5.41, 5.74) is 5.77. The number of aliphatic carboxylic acids is 1. The summed E-state index contributed by atoms with van der Waals surface area (Å²) in [6.07, 6.45) is 6.22. The lowest BCUT2D eigenvalue weighted by Crippen LogP contribution is -2.39. The van der Waals surface area contributed by atoms with Gasteiger partial charge in [0.1, 0.15) is 38.9 Å². The van der Waals surface area contributed by atoms with Gasteiger partial charge in [-0.25, -0.2) is 32.1 Å². The Balaban J connectivity index is 0.000000218. The smallest absolute Gasteiger partial charge is 0.347 e. The molecule has 0 saturated carbocycles. The van der Waals surface area contributed by atoms with Gasteiger partial charge in [-0.15, -0.1) is 17.8 Å². The highest BCUT2D eigenvalue weighted by Gasteiger charge is 2.32. The second kappa shape index (κ2) is 19.7. The molecule has 0 bridgehead atoms.